The zero-order chi connectivity index (χ0) is 17.6. The minimum atomic E-state index is 0.0274. The number of fused-ring (bicyclic) bond motifs is 3. The summed E-state index contributed by atoms with van der Waals surface area (Å²) in [6.45, 7) is 0. The molecular weight excluding hydrogens is 332 g/mol. The first kappa shape index (κ1) is 16.2. The lowest BCUT2D eigenvalue weighted by molar-refractivity contribution is 0.0828. The van der Waals surface area contributed by atoms with Crippen LogP contribution in [0.5, 0.6) is 0 Å². The third-order valence-corrected chi connectivity index (χ3v) is 5.51. The number of anilines is 1. The summed E-state index contributed by atoms with van der Waals surface area (Å²) < 4.78 is 0. The molecule has 0 spiro atoms. The summed E-state index contributed by atoms with van der Waals surface area (Å²) in [6, 6.07) is 14.2. The van der Waals surface area contributed by atoms with Gasteiger partial charge in [0.25, 0.3) is 5.91 Å². The van der Waals surface area contributed by atoms with Crippen LogP contribution in [0.1, 0.15) is 39.9 Å². The Labute approximate surface area is 153 Å². The normalized spacial score (nSPS) is 23.6. The number of nitrogens with one attached hydrogen (secondary N) is 1. The zero-order valence-corrected chi connectivity index (χ0v) is 15.1. The molecule has 0 fully saturated rings. The average Bonchev–Trinajstić information content (AvgIpc) is 3.10. The first-order chi connectivity index (χ1) is 12.1. The molecule has 4 rings (SSSR count). The molecule has 2 aliphatic rings. The second-order valence-electron chi connectivity index (χ2n) is 7.00. The van der Waals surface area contributed by atoms with Crippen LogP contribution in [0, 0.1) is 5.92 Å². The van der Waals surface area contributed by atoms with Gasteiger partial charge in [-0.2, -0.15) is 0 Å². The van der Waals surface area contributed by atoms with Gasteiger partial charge in [0, 0.05) is 25.0 Å². The Morgan fingerprint density at radius 3 is 2.64 bits per heavy atom. The quantitative estimate of drug-likeness (QED) is 0.782. The number of amides is 1. The van der Waals surface area contributed by atoms with Crippen molar-refractivity contribution in [3.8, 4) is 0 Å². The fourth-order valence-corrected chi connectivity index (χ4v) is 4.17. The Morgan fingerprint density at radius 1 is 1.16 bits per heavy atom. The Balaban J connectivity index is 1.81. The van der Waals surface area contributed by atoms with Crippen LogP contribution in [0.25, 0.3) is 0 Å². The van der Waals surface area contributed by atoms with Gasteiger partial charge in [-0.3, -0.25) is 4.79 Å². The van der Waals surface area contributed by atoms with Crippen LogP contribution in [0.3, 0.4) is 0 Å². The number of carbonyl (C=O) groups excluding carboxylic acids is 1. The van der Waals surface area contributed by atoms with Gasteiger partial charge in [-0.25, -0.2) is 0 Å². The number of halogens is 1. The van der Waals surface area contributed by atoms with Gasteiger partial charge >= 0.3 is 0 Å². The molecule has 1 heterocycles. The van der Waals surface area contributed by atoms with Crippen LogP contribution in [-0.2, 0) is 0 Å². The lowest BCUT2D eigenvalue weighted by Crippen LogP contribution is -2.31. The fourth-order valence-electron chi connectivity index (χ4n) is 4.04. The van der Waals surface area contributed by atoms with E-state index in [0.717, 1.165) is 22.7 Å². The van der Waals surface area contributed by atoms with Crippen molar-refractivity contribution in [3.05, 3.63) is 76.3 Å². The second-order valence-corrected chi connectivity index (χ2v) is 7.43. The minimum Gasteiger partial charge on any atom is -0.377 e. The zero-order valence-electron chi connectivity index (χ0n) is 14.4. The van der Waals surface area contributed by atoms with Crippen molar-refractivity contribution in [3.63, 3.8) is 0 Å². The Bertz CT molecular complexity index is 841. The maximum Gasteiger partial charge on any atom is 0.255 e. The molecule has 3 nitrogen and oxygen atoms in total. The molecule has 4 heteroatoms. The van der Waals surface area contributed by atoms with Gasteiger partial charge in [0.05, 0.1) is 17.3 Å². The Hall–Kier alpha value is -2.26. The number of benzene rings is 2. The highest BCUT2D eigenvalue weighted by atomic mass is 35.5. The number of rotatable bonds is 2. The van der Waals surface area contributed by atoms with Crippen molar-refractivity contribution in [1.82, 2.24) is 4.90 Å². The highest BCUT2D eigenvalue weighted by Crippen LogP contribution is 2.50. The van der Waals surface area contributed by atoms with Crippen molar-refractivity contribution in [2.24, 2.45) is 5.92 Å². The largest absolute Gasteiger partial charge is 0.377 e. The van der Waals surface area contributed by atoms with Gasteiger partial charge in [0.1, 0.15) is 0 Å². The summed E-state index contributed by atoms with van der Waals surface area (Å²) in [5.74, 6) is 0.824. The predicted octanol–water partition coefficient (Wildman–Crippen LogP) is 4.87. The van der Waals surface area contributed by atoms with Gasteiger partial charge in [0.15, 0.2) is 0 Å². The van der Waals surface area contributed by atoms with Crippen LogP contribution in [0.4, 0.5) is 5.69 Å². The molecule has 2 aromatic rings. The fraction of sp³-hybridized carbons (Fsp3) is 0.286. The molecule has 2 aromatic carbocycles. The van der Waals surface area contributed by atoms with E-state index in [1.54, 1.807) is 19.0 Å². The topological polar surface area (TPSA) is 32.3 Å². The summed E-state index contributed by atoms with van der Waals surface area (Å²) in [5, 5.41) is 4.42. The summed E-state index contributed by atoms with van der Waals surface area (Å²) in [5.41, 5.74) is 4.13. The predicted molar refractivity (Wildman–Crippen MR) is 102 cm³/mol. The molecule has 0 saturated carbocycles. The number of allylic oxidation sites excluding steroid dienone is 2. The number of nitrogens with zero attached hydrogens (tertiary/aromatic N) is 1. The maximum absolute atomic E-state index is 12.6. The Morgan fingerprint density at radius 2 is 1.92 bits per heavy atom. The molecule has 0 bridgehead atoms. The summed E-state index contributed by atoms with van der Waals surface area (Å²) >= 11 is 6.06. The van der Waals surface area contributed by atoms with Crippen LogP contribution in [-0.4, -0.2) is 24.9 Å². The van der Waals surface area contributed by atoms with Gasteiger partial charge in [-0.1, -0.05) is 48.0 Å². The smallest absolute Gasteiger partial charge is 0.255 e. The molecule has 0 saturated heterocycles. The van der Waals surface area contributed by atoms with Gasteiger partial charge < -0.3 is 10.2 Å². The number of hydrogen-bond donors (Lipinski definition) is 1. The monoisotopic (exact) mass is 352 g/mol. The summed E-state index contributed by atoms with van der Waals surface area (Å²) in [6.07, 6.45) is 5.59. The van der Waals surface area contributed by atoms with Crippen LogP contribution in [0.15, 0.2) is 54.6 Å². The van der Waals surface area contributed by atoms with E-state index < -0.39 is 0 Å². The molecule has 0 aromatic heterocycles. The summed E-state index contributed by atoms with van der Waals surface area (Å²) in [7, 11) is 3.58. The Kier molecular flexibility index (Phi) is 4.04. The van der Waals surface area contributed by atoms with Crippen molar-refractivity contribution in [1.29, 1.82) is 0 Å². The second kappa shape index (κ2) is 6.23. The maximum atomic E-state index is 12.6. The van der Waals surface area contributed by atoms with E-state index in [-0.39, 0.29) is 11.9 Å². The molecule has 1 N–H and O–H groups in total. The number of carbonyl (C=O) groups is 1. The van der Waals surface area contributed by atoms with Crippen molar-refractivity contribution < 1.29 is 4.79 Å². The minimum absolute atomic E-state index is 0.0274. The molecule has 1 aliphatic heterocycles. The molecule has 3 unspecified atom stereocenters. The van der Waals surface area contributed by atoms with E-state index >= 15 is 0 Å². The molecule has 1 aliphatic carbocycles. The van der Waals surface area contributed by atoms with Crippen molar-refractivity contribution in [2.75, 3.05) is 19.4 Å². The highest BCUT2D eigenvalue weighted by molar-refractivity contribution is 6.30. The van der Waals surface area contributed by atoms with Crippen molar-refractivity contribution >= 4 is 23.2 Å². The van der Waals surface area contributed by atoms with E-state index in [1.807, 2.05) is 24.3 Å². The first-order valence-electron chi connectivity index (χ1n) is 8.59. The lowest BCUT2D eigenvalue weighted by Gasteiger charge is -2.38. The molecule has 1 amide bonds. The SMILES string of the molecule is CN(C)C(=O)c1cccc2c1NC(c1ccc(Cl)cc1)C1CC=CC21. The van der Waals surface area contributed by atoms with Crippen LogP contribution >= 0.6 is 11.6 Å². The van der Waals surface area contributed by atoms with E-state index in [4.69, 9.17) is 11.6 Å². The lowest BCUT2D eigenvalue weighted by atomic mass is 9.76. The van der Waals surface area contributed by atoms with Crippen molar-refractivity contribution in [2.45, 2.75) is 18.4 Å². The molecular formula is C21H21ClN2O. The van der Waals surface area contributed by atoms with Gasteiger partial charge in [-0.05, 0) is 41.7 Å². The highest BCUT2D eigenvalue weighted by Gasteiger charge is 2.39. The molecule has 3 atom stereocenters. The van der Waals surface area contributed by atoms with Crippen LogP contribution in [0.2, 0.25) is 5.02 Å². The van der Waals surface area contributed by atoms with Crippen LogP contribution < -0.4 is 5.32 Å². The molecule has 25 heavy (non-hydrogen) atoms. The third kappa shape index (κ3) is 2.73. The summed E-state index contributed by atoms with van der Waals surface area (Å²) in [4.78, 5) is 14.3. The van der Waals surface area contributed by atoms with E-state index in [2.05, 4.69) is 35.7 Å². The standard InChI is InChI=1S/C21H21ClN2O/c1-24(2)21(25)18-8-4-7-17-15-5-3-6-16(15)19(23-20(17)18)13-9-11-14(22)12-10-13/h3-5,7-12,15-16,19,23H,6H2,1-2H3. The van der Waals surface area contributed by atoms with E-state index in [9.17, 15) is 4.79 Å². The van der Waals surface area contributed by atoms with Gasteiger partial charge in [0.2, 0.25) is 0 Å². The first-order valence-corrected chi connectivity index (χ1v) is 8.97. The van der Waals surface area contributed by atoms with Gasteiger partial charge in [-0.15, -0.1) is 0 Å². The molecule has 128 valence electrons. The van der Waals surface area contributed by atoms with E-state index in [1.165, 1.54) is 11.1 Å². The number of hydrogen-bond acceptors (Lipinski definition) is 2. The average molecular weight is 353 g/mol. The number of para-hydroxylation sites is 1. The van der Waals surface area contributed by atoms with E-state index in [0.29, 0.717) is 11.8 Å². The third-order valence-electron chi connectivity index (χ3n) is 5.26. The molecule has 0 radical (unpaired) electrons.